The van der Waals surface area contributed by atoms with Crippen molar-refractivity contribution in [1.82, 2.24) is 9.78 Å². The minimum atomic E-state index is -0.0676. The Morgan fingerprint density at radius 2 is 2.05 bits per heavy atom. The van der Waals surface area contributed by atoms with Gasteiger partial charge >= 0.3 is 0 Å². The Hall–Kier alpha value is -1.20. The van der Waals surface area contributed by atoms with E-state index in [1.165, 1.54) is 0 Å². The number of hydrogen-bond acceptors (Lipinski definition) is 2. The zero-order valence-electron chi connectivity index (χ0n) is 10.3. The average molecular weight is 384 g/mol. The molecule has 19 heavy (non-hydrogen) atoms. The van der Waals surface area contributed by atoms with Crippen molar-refractivity contribution < 1.29 is 4.79 Å². The Balaban J connectivity index is 2.26. The van der Waals surface area contributed by atoms with Crippen LogP contribution in [-0.4, -0.2) is 15.6 Å². The molecular weight excluding hydrogens is 372 g/mol. The maximum absolute atomic E-state index is 12.2. The van der Waals surface area contributed by atoms with Gasteiger partial charge in [-0.15, -0.1) is 0 Å². The number of nitrogens with zero attached hydrogens (tertiary/aromatic N) is 2. The number of hydrogen-bond donors (Lipinski definition) is 0. The first-order valence-electron chi connectivity index (χ1n) is 5.81. The Kier molecular flexibility index (Phi) is 4.71. The monoisotopic (exact) mass is 382 g/mol. The molecule has 0 fully saturated rings. The van der Waals surface area contributed by atoms with E-state index in [-0.39, 0.29) is 5.78 Å². The molecule has 0 unspecified atom stereocenters. The fraction of sp³-hybridized carbons (Fsp3) is 0.143. The van der Waals surface area contributed by atoms with Crippen LogP contribution in [0.2, 0.25) is 0 Å². The first kappa shape index (κ1) is 14.2. The van der Waals surface area contributed by atoms with Gasteiger partial charge in [-0.25, -0.2) is 0 Å². The minimum Gasteiger partial charge on any atom is -0.288 e. The van der Waals surface area contributed by atoms with Crippen LogP contribution < -0.4 is 0 Å². The van der Waals surface area contributed by atoms with Crippen molar-refractivity contribution in [2.24, 2.45) is 0 Å². The SMILES string of the molecule is CCn1ncc(Br)c1C(=O)/C=C/c1ccccc1Br. The molecule has 0 bridgehead atoms. The van der Waals surface area contributed by atoms with Gasteiger partial charge in [0.2, 0.25) is 5.78 Å². The van der Waals surface area contributed by atoms with Crippen LogP contribution in [0.1, 0.15) is 23.0 Å². The lowest BCUT2D eigenvalue weighted by Crippen LogP contribution is -2.07. The summed E-state index contributed by atoms with van der Waals surface area (Å²) in [4.78, 5) is 12.2. The third kappa shape index (κ3) is 3.22. The second kappa shape index (κ2) is 6.30. The number of aromatic nitrogens is 2. The van der Waals surface area contributed by atoms with E-state index < -0.39 is 0 Å². The van der Waals surface area contributed by atoms with Gasteiger partial charge in [-0.05, 0) is 46.6 Å². The highest BCUT2D eigenvalue weighted by Crippen LogP contribution is 2.20. The molecule has 0 aliphatic rings. The molecule has 0 saturated carbocycles. The highest BCUT2D eigenvalue weighted by atomic mass is 79.9. The smallest absolute Gasteiger partial charge is 0.205 e. The summed E-state index contributed by atoms with van der Waals surface area (Å²) in [5.74, 6) is -0.0676. The van der Waals surface area contributed by atoms with Crippen LogP contribution in [0.5, 0.6) is 0 Å². The van der Waals surface area contributed by atoms with E-state index in [1.54, 1.807) is 23.0 Å². The zero-order valence-corrected chi connectivity index (χ0v) is 13.5. The molecule has 2 aromatic rings. The quantitative estimate of drug-likeness (QED) is 0.581. The second-order valence-electron chi connectivity index (χ2n) is 3.88. The summed E-state index contributed by atoms with van der Waals surface area (Å²) >= 11 is 6.80. The van der Waals surface area contributed by atoms with Gasteiger partial charge in [-0.3, -0.25) is 9.48 Å². The third-order valence-electron chi connectivity index (χ3n) is 2.65. The lowest BCUT2D eigenvalue weighted by Gasteiger charge is -2.01. The molecule has 0 aliphatic carbocycles. The lowest BCUT2D eigenvalue weighted by molar-refractivity contribution is 0.103. The Labute approximate surface area is 128 Å². The molecule has 0 spiro atoms. The molecule has 1 aromatic carbocycles. The summed E-state index contributed by atoms with van der Waals surface area (Å²) in [6, 6.07) is 7.75. The first-order chi connectivity index (χ1) is 9.13. The Morgan fingerprint density at radius 3 is 2.74 bits per heavy atom. The van der Waals surface area contributed by atoms with E-state index in [2.05, 4.69) is 37.0 Å². The van der Waals surface area contributed by atoms with Crippen LogP contribution in [0.3, 0.4) is 0 Å². The van der Waals surface area contributed by atoms with E-state index in [1.807, 2.05) is 31.2 Å². The van der Waals surface area contributed by atoms with Gasteiger partial charge in [0.05, 0.1) is 10.7 Å². The topological polar surface area (TPSA) is 34.9 Å². The summed E-state index contributed by atoms with van der Waals surface area (Å²) in [6.45, 7) is 2.61. The lowest BCUT2D eigenvalue weighted by atomic mass is 10.2. The van der Waals surface area contributed by atoms with Crippen LogP contribution in [0.25, 0.3) is 6.08 Å². The molecule has 0 aliphatic heterocycles. The number of rotatable bonds is 4. The number of ketones is 1. The summed E-state index contributed by atoms with van der Waals surface area (Å²) in [7, 11) is 0. The standard InChI is InChI=1S/C14H12Br2N2O/c1-2-18-14(12(16)9-17-18)13(19)8-7-10-5-3-4-6-11(10)15/h3-9H,2H2,1H3/b8-7+. The van der Waals surface area contributed by atoms with Crippen molar-refractivity contribution in [3.05, 3.63) is 56.7 Å². The number of allylic oxidation sites excluding steroid dienone is 1. The van der Waals surface area contributed by atoms with Crippen LogP contribution in [0.4, 0.5) is 0 Å². The van der Waals surface area contributed by atoms with Gasteiger partial charge in [-0.1, -0.05) is 34.1 Å². The van der Waals surface area contributed by atoms with Crippen LogP contribution in [-0.2, 0) is 6.54 Å². The van der Waals surface area contributed by atoms with Gasteiger partial charge < -0.3 is 0 Å². The van der Waals surface area contributed by atoms with Gasteiger partial charge in [0.1, 0.15) is 5.69 Å². The predicted octanol–water partition coefficient (Wildman–Crippen LogP) is 4.32. The largest absolute Gasteiger partial charge is 0.288 e. The zero-order chi connectivity index (χ0) is 13.8. The van der Waals surface area contributed by atoms with Crippen LogP contribution in [0.15, 0.2) is 45.5 Å². The van der Waals surface area contributed by atoms with Gasteiger partial charge in [0.25, 0.3) is 0 Å². The summed E-state index contributed by atoms with van der Waals surface area (Å²) in [6.07, 6.45) is 5.00. The molecule has 0 radical (unpaired) electrons. The normalized spacial score (nSPS) is 11.1. The molecule has 5 heteroatoms. The number of carbonyl (C=O) groups is 1. The van der Waals surface area contributed by atoms with Crippen molar-refractivity contribution in [2.75, 3.05) is 0 Å². The maximum Gasteiger partial charge on any atom is 0.205 e. The van der Waals surface area contributed by atoms with Crippen molar-refractivity contribution >= 4 is 43.7 Å². The van der Waals surface area contributed by atoms with Crippen molar-refractivity contribution in [3.8, 4) is 0 Å². The molecular formula is C14H12Br2N2O. The predicted molar refractivity (Wildman–Crippen MR) is 83.1 cm³/mol. The molecule has 0 amide bonds. The van der Waals surface area contributed by atoms with Gasteiger partial charge in [0.15, 0.2) is 0 Å². The van der Waals surface area contributed by atoms with Crippen molar-refractivity contribution in [2.45, 2.75) is 13.5 Å². The fourth-order valence-electron chi connectivity index (χ4n) is 1.70. The fourth-order valence-corrected chi connectivity index (χ4v) is 2.61. The molecule has 98 valence electrons. The molecule has 1 heterocycles. The summed E-state index contributed by atoms with van der Waals surface area (Å²) < 4.78 is 3.36. The summed E-state index contributed by atoms with van der Waals surface area (Å²) in [5, 5.41) is 4.13. The van der Waals surface area contributed by atoms with Crippen LogP contribution >= 0.6 is 31.9 Å². The number of benzene rings is 1. The maximum atomic E-state index is 12.2. The van der Waals surface area contributed by atoms with E-state index in [0.29, 0.717) is 12.2 Å². The molecule has 0 atom stereocenters. The van der Waals surface area contributed by atoms with E-state index in [0.717, 1.165) is 14.5 Å². The molecule has 3 nitrogen and oxygen atoms in total. The molecule has 0 saturated heterocycles. The van der Waals surface area contributed by atoms with Crippen molar-refractivity contribution in [3.63, 3.8) is 0 Å². The first-order valence-corrected chi connectivity index (χ1v) is 7.40. The van der Waals surface area contributed by atoms with E-state index in [4.69, 9.17) is 0 Å². The van der Waals surface area contributed by atoms with Crippen molar-refractivity contribution in [1.29, 1.82) is 0 Å². The Bertz CT molecular complexity index is 632. The number of carbonyl (C=O) groups excluding carboxylic acids is 1. The van der Waals surface area contributed by atoms with E-state index in [9.17, 15) is 4.79 Å². The van der Waals surface area contributed by atoms with Gasteiger partial charge in [0, 0.05) is 11.0 Å². The van der Waals surface area contributed by atoms with Gasteiger partial charge in [-0.2, -0.15) is 5.10 Å². The number of aryl methyl sites for hydroxylation is 1. The Morgan fingerprint density at radius 1 is 1.32 bits per heavy atom. The number of halogens is 2. The minimum absolute atomic E-state index is 0.0676. The van der Waals surface area contributed by atoms with Crippen LogP contribution in [0, 0.1) is 0 Å². The average Bonchev–Trinajstić information content (AvgIpc) is 2.78. The molecule has 2 rings (SSSR count). The molecule has 0 N–H and O–H groups in total. The highest BCUT2D eigenvalue weighted by molar-refractivity contribution is 9.10. The summed E-state index contributed by atoms with van der Waals surface area (Å²) in [5.41, 5.74) is 1.54. The second-order valence-corrected chi connectivity index (χ2v) is 5.58. The third-order valence-corrected chi connectivity index (χ3v) is 3.95. The highest BCUT2D eigenvalue weighted by Gasteiger charge is 2.13. The van der Waals surface area contributed by atoms with E-state index >= 15 is 0 Å². The molecule has 1 aromatic heterocycles.